The van der Waals surface area contributed by atoms with E-state index < -0.39 is 28.5 Å². The highest BCUT2D eigenvalue weighted by Gasteiger charge is 2.33. The Morgan fingerprint density at radius 2 is 1.52 bits per heavy atom. The second-order valence-electron chi connectivity index (χ2n) is 9.53. The normalized spacial score (nSPS) is 12.8. The first-order valence-corrected chi connectivity index (χ1v) is 15.7. The van der Waals surface area contributed by atoms with E-state index in [1.165, 1.54) is 23.1 Å². The molecule has 0 aliphatic carbocycles. The average Bonchev–Trinajstić information content (AvgIpc) is 2.89. The maximum Gasteiger partial charge on any atom is 0.244 e. The molecule has 0 fully saturated rings. The third kappa shape index (κ3) is 8.86. The molecule has 3 aromatic carbocycles. The Labute approximate surface area is 251 Å². The number of benzene rings is 3. The van der Waals surface area contributed by atoms with E-state index in [0.29, 0.717) is 17.0 Å². The molecule has 3 rings (SSSR count). The van der Waals surface area contributed by atoms with Crippen molar-refractivity contribution < 1.29 is 18.0 Å². The number of sulfonamides is 1. The van der Waals surface area contributed by atoms with Crippen LogP contribution in [-0.2, 0) is 32.6 Å². The molecule has 214 valence electrons. The molecule has 0 aliphatic heterocycles. The maximum atomic E-state index is 14.1. The zero-order chi connectivity index (χ0) is 29.4. The highest BCUT2D eigenvalue weighted by atomic mass is 35.5. The van der Waals surface area contributed by atoms with Gasteiger partial charge >= 0.3 is 0 Å². The molecule has 40 heavy (non-hydrogen) atoms. The molecule has 0 radical (unpaired) electrons. The van der Waals surface area contributed by atoms with Crippen molar-refractivity contribution in [2.45, 2.75) is 45.3 Å². The smallest absolute Gasteiger partial charge is 0.244 e. The SMILES string of the molecule is CC[C@@H](C)NC(=O)[C@@H](Cc1ccccc1)N(Cc1ccccc1Cl)C(=O)CN(c1cc(Cl)cc(Cl)c1)S(C)(=O)=O. The number of hydrogen-bond donors (Lipinski definition) is 1. The Balaban J connectivity index is 2.09. The van der Waals surface area contributed by atoms with Crippen LogP contribution in [0.1, 0.15) is 31.4 Å². The summed E-state index contributed by atoms with van der Waals surface area (Å²) in [5.74, 6) is -0.947. The van der Waals surface area contributed by atoms with Gasteiger partial charge in [0.25, 0.3) is 0 Å². The van der Waals surface area contributed by atoms with Crippen LogP contribution in [0, 0.1) is 0 Å². The topological polar surface area (TPSA) is 86.8 Å². The quantitative estimate of drug-likeness (QED) is 0.269. The summed E-state index contributed by atoms with van der Waals surface area (Å²) < 4.78 is 26.7. The molecule has 0 aromatic heterocycles. The molecule has 2 atom stereocenters. The van der Waals surface area contributed by atoms with Crippen LogP contribution in [0.15, 0.2) is 72.8 Å². The number of nitrogens with one attached hydrogen (secondary N) is 1. The van der Waals surface area contributed by atoms with Crippen LogP contribution in [0.2, 0.25) is 15.1 Å². The van der Waals surface area contributed by atoms with Crippen molar-refractivity contribution in [3.63, 3.8) is 0 Å². The molecule has 1 N–H and O–H groups in total. The average molecular weight is 625 g/mol. The number of carbonyl (C=O) groups excluding carboxylic acids is 2. The molecule has 0 saturated heterocycles. The molecule has 0 unspecified atom stereocenters. The standard InChI is InChI=1S/C29H32Cl3N3O4S/c1-4-20(2)33-29(37)27(14-21-10-6-5-7-11-21)34(18-22-12-8-9-13-26(22)32)28(36)19-35(40(3,38)39)25-16-23(30)15-24(31)17-25/h5-13,15-17,20,27H,4,14,18-19H2,1-3H3,(H,33,37)/t20-,27-/m1/s1. The fourth-order valence-corrected chi connectivity index (χ4v) is 5.65. The van der Waals surface area contributed by atoms with Gasteiger partial charge < -0.3 is 10.2 Å². The zero-order valence-electron chi connectivity index (χ0n) is 22.5. The molecule has 0 bridgehead atoms. The number of amides is 2. The van der Waals surface area contributed by atoms with Crippen LogP contribution >= 0.6 is 34.8 Å². The lowest BCUT2D eigenvalue weighted by Crippen LogP contribution is -2.54. The Kier molecular flexibility index (Phi) is 11.3. The van der Waals surface area contributed by atoms with Crippen molar-refractivity contribution in [1.82, 2.24) is 10.2 Å². The fourth-order valence-electron chi connectivity index (χ4n) is 4.10. The molecule has 0 spiro atoms. The van der Waals surface area contributed by atoms with E-state index in [1.807, 2.05) is 44.2 Å². The van der Waals surface area contributed by atoms with Crippen LogP contribution in [0.25, 0.3) is 0 Å². The van der Waals surface area contributed by atoms with Crippen LogP contribution in [0.3, 0.4) is 0 Å². The van der Waals surface area contributed by atoms with Gasteiger partial charge in [0.05, 0.1) is 11.9 Å². The lowest BCUT2D eigenvalue weighted by molar-refractivity contribution is -0.140. The minimum absolute atomic E-state index is 0.0160. The molecule has 0 aliphatic rings. The number of halogens is 3. The number of hydrogen-bond acceptors (Lipinski definition) is 4. The van der Waals surface area contributed by atoms with Gasteiger partial charge in [-0.05, 0) is 48.7 Å². The lowest BCUT2D eigenvalue weighted by atomic mass is 10.0. The van der Waals surface area contributed by atoms with Gasteiger partial charge in [-0.1, -0.05) is 90.3 Å². The molecule has 7 nitrogen and oxygen atoms in total. The number of rotatable bonds is 12. The van der Waals surface area contributed by atoms with Gasteiger partial charge in [0, 0.05) is 34.1 Å². The van der Waals surface area contributed by atoms with Crippen molar-refractivity contribution in [3.05, 3.63) is 99.0 Å². The Bertz CT molecular complexity index is 1420. The fraction of sp³-hybridized carbons (Fsp3) is 0.310. The first kappa shape index (κ1) is 31.7. The van der Waals surface area contributed by atoms with Crippen LogP contribution in [0.4, 0.5) is 5.69 Å². The molecule has 0 heterocycles. The summed E-state index contributed by atoms with van der Waals surface area (Å²) >= 11 is 18.7. The Morgan fingerprint density at radius 1 is 0.925 bits per heavy atom. The molecule has 11 heteroatoms. The summed E-state index contributed by atoms with van der Waals surface area (Å²) in [4.78, 5) is 29.1. The van der Waals surface area contributed by atoms with Gasteiger partial charge in [-0.15, -0.1) is 0 Å². The van der Waals surface area contributed by atoms with E-state index in [9.17, 15) is 18.0 Å². The predicted octanol–water partition coefficient (Wildman–Crippen LogP) is 5.97. The summed E-state index contributed by atoms with van der Waals surface area (Å²) in [7, 11) is -3.95. The third-order valence-electron chi connectivity index (χ3n) is 6.39. The van der Waals surface area contributed by atoms with Gasteiger partial charge in [0.2, 0.25) is 21.8 Å². The number of anilines is 1. The van der Waals surface area contributed by atoms with Crippen LogP contribution in [0.5, 0.6) is 0 Å². The molecular weight excluding hydrogens is 593 g/mol. The molecule has 0 saturated carbocycles. The van der Waals surface area contributed by atoms with Gasteiger partial charge in [0.15, 0.2) is 0 Å². The second-order valence-corrected chi connectivity index (χ2v) is 12.7. The summed E-state index contributed by atoms with van der Waals surface area (Å²) in [5, 5.41) is 3.83. The monoisotopic (exact) mass is 623 g/mol. The first-order valence-electron chi connectivity index (χ1n) is 12.7. The lowest BCUT2D eigenvalue weighted by Gasteiger charge is -2.34. The zero-order valence-corrected chi connectivity index (χ0v) is 25.6. The Hall–Kier alpha value is -2.78. The summed E-state index contributed by atoms with van der Waals surface area (Å²) in [6.07, 6.45) is 1.89. The summed E-state index contributed by atoms with van der Waals surface area (Å²) in [6.45, 7) is 3.23. The first-order chi connectivity index (χ1) is 18.9. The van der Waals surface area contributed by atoms with Gasteiger partial charge in [-0.25, -0.2) is 8.42 Å². The maximum absolute atomic E-state index is 14.1. The molecular formula is C29H32Cl3N3O4S. The van der Waals surface area contributed by atoms with Crippen molar-refractivity contribution in [2.24, 2.45) is 0 Å². The van der Waals surface area contributed by atoms with Crippen LogP contribution < -0.4 is 9.62 Å². The molecule has 2 amide bonds. The van der Waals surface area contributed by atoms with E-state index in [-0.39, 0.29) is 40.6 Å². The van der Waals surface area contributed by atoms with E-state index in [0.717, 1.165) is 16.1 Å². The van der Waals surface area contributed by atoms with Crippen molar-refractivity contribution >= 4 is 62.3 Å². The highest BCUT2D eigenvalue weighted by molar-refractivity contribution is 7.92. The predicted molar refractivity (Wildman–Crippen MR) is 162 cm³/mol. The van der Waals surface area contributed by atoms with E-state index in [1.54, 1.807) is 24.3 Å². The summed E-state index contributed by atoms with van der Waals surface area (Å²) in [5.41, 5.74) is 1.59. The van der Waals surface area contributed by atoms with Crippen LogP contribution in [-0.4, -0.2) is 50.0 Å². The largest absolute Gasteiger partial charge is 0.352 e. The minimum atomic E-state index is -3.95. The van der Waals surface area contributed by atoms with Gasteiger partial charge in [-0.2, -0.15) is 0 Å². The van der Waals surface area contributed by atoms with Gasteiger partial charge in [-0.3, -0.25) is 13.9 Å². The highest BCUT2D eigenvalue weighted by Crippen LogP contribution is 2.28. The summed E-state index contributed by atoms with van der Waals surface area (Å²) in [6, 6.07) is 19.5. The van der Waals surface area contributed by atoms with Crippen molar-refractivity contribution in [1.29, 1.82) is 0 Å². The van der Waals surface area contributed by atoms with E-state index in [4.69, 9.17) is 34.8 Å². The second kappa shape index (κ2) is 14.2. The van der Waals surface area contributed by atoms with E-state index in [2.05, 4.69) is 5.32 Å². The number of carbonyl (C=O) groups is 2. The molecule has 3 aromatic rings. The van der Waals surface area contributed by atoms with Gasteiger partial charge in [0.1, 0.15) is 12.6 Å². The Morgan fingerprint density at radius 3 is 2.10 bits per heavy atom. The van der Waals surface area contributed by atoms with Crippen molar-refractivity contribution in [2.75, 3.05) is 17.1 Å². The number of nitrogens with zero attached hydrogens (tertiary/aromatic N) is 2. The minimum Gasteiger partial charge on any atom is -0.352 e. The van der Waals surface area contributed by atoms with E-state index >= 15 is 0 Å². The third-order valence-corrected chi connectivity index (χ3v) is 8.33. The van der Waals surface area contributed by atoms with Crippen molar-refractivity contribution in [3.8, 4) is 0 Å².